The van der Waals surface area contributed by atoms with Gasteiger partial charge in [0.1, 0.15) is 17.1 Å². The Morgan fingerprint density at radius 2 is 1.88 bits per heavy atom. The second-order valence-electron chi connectivity index (χ2n) is 8.39. The van der Waals surface area contributed by atoms with Gasteiger partial charge >= 0.3 is 0 Å². The predicted molar refractivity (Wildman–Crippen MR) is 127 cm³/mol. The van der Waals surface area contributed by atoms with Gasteiger partial charge < -0.3 is 15.5 Å². The quantitative estimate of drug-likeness (QED) is 0.658. The Morgan fingerprint density at radius 3 is 2.69 bits per heavy atom. The van der Waals surface area contributed by atoms with Crippen LogP contribution in [0.3, 0.4) is 0 Å². The van der Waals surface area contributed by atoms with Gasteiger partial charge in [-0.25, -0.2) is 0 Å². The van der Waals surface area contributed by atoms with Gasteiger partial charge in [-0.3, -0.25) is 14.5 Å². The minimum atomic E-state index is -0.450. The summed E-state index contributed by atoms with van der Waals surface area (Å²) >= 11 is 0. The number of likely N-dealkylation sites (tertiary alicyclic amines) is 1. The average Bonchev–Trinajstić information content (AvgIpc) is 3.32. The number of aromatic nitrogens is 2. The molecule has 1 amide bonds. The number of carbonyl (C=O) groups is 1. The summed E-state index contributed by atoms with van der Waals surface area (Å²) in [6, 6.07) is 20.2. The van der Waals surface area contributed by atoms with E-state index in [-0.39, 0.29) is 5.91 Å². The molecule has 7 heteroatoms. The fraction of sp³-hybridized carbons (Fsp3) is 0.320. The number of nitrogens with one attached hydrogen (secondary N) is 2. The molecule has 2 aliphatic heterocycles. The van der Waals surface area contributed by atoms with Crippen LogP contribution in [0.1, 0.15) is 35.8 Å². The molecule has 1 aromatic heterocycles. The zero-order valence-electron chi connectivity index (χ0n) is 18.3. The lowest BCUT2D eigenvalue weighted by Crippen LogP contribution is -2.62. The van der Waals surface area contributed by atoms with Crippen LogP contribution < -0.4 is 10.6 Å². The lowest BCUT2D eigenvalue weighted by molar-refractivity contribution is 0.0682. The normalized spacial score (nSPS) is 21.2. The van der Waals surface area contributed by atoms with Gasteiger partial charge in [0, 0.05) is 19.3 Å². The number of benzene rings is 2. The Hall–Kier alpha value is -3.61. The van der Waals surface area contributed by atoms with E-state index >= 15 is 0 Å². The smallest absolute Gasteiger partial charge is 0.272 e. The number of hydrogen-bond acceptors (Lipinski definition) is 4. The first-order chi connectivity index (χ1) is 15.7. The van der Waals surface area contributed by atoms with E-state index in [1.165, 1.54) is 0 Å². The molecule has 1 unspecified atom stereocenters. The molecule has 0 radical (unpaired) electrons. The van der Waals surface area contributed by atoms with Crippen molar-refractivity contribution in [2.75, 3.05) is 23.7 Å². The average molecular weight is 429 g/mol. The molecular formula is C25H28N6O. The van der Waals surface area contributed by atoms with Gasteiger partial charge in [-0.1, -0.05) is 42.5 Å². The number of amidine groups is 1. The Balaban J connectivity index is 1.48. The number of aryl methyl sites for hydroxylation is 1. The van der Waals surface area contributed by atoms with Crippen molar-refractivity contribution in [3.05, 3.63) is 78.1 Å². The molecule has 7 nitrogen and oxygen atoms in total. The number of carbonyl (C=O) groups excluding carboxylic acids is 1. The highest BCUT2D eigenvalue weighted by molar-refractivity contribution is 6.10. The highest BCUT2D eigenvalue weighted by Crippen LogP contribution is 2.36. The minimum absolute atomic E-state index is 0.0199. The Labute approximate surface area is 188 Å². The van der Waals surface area contributed by atoms with Crippen molar-refractivity contribution < 1.29 is 4.79 Å². The molecule has 164 valence electrons. The molecule has 1 atom stereocenters. The van der Waals surface area contributed by atoms with Crippen LogP contribution in [0.25, 0.3) is 0 Å². The van der Waals surface area contributed by atoms with Crippen molar-refractivity contribution in [3.63, 3.8) is 0 Å². The zero-order valence-corrected chi connectivity index (χ0v) is 18.3. The Bertz CT molecular complexity index is 1140. The van der Waals surface area contributed by atoms with Crippen molar-refractivity contribution in [1.29, 1.82) is 0 Å². The van der Waals surface area contributed by atoms with Crippen LogP contribution in [-0.4, -0.2) is 45.1 Å². The number of para-hydroxylation sites is 2. The molecular weight excluding hydrogens is 400 g/mol. The van der Waals surface area contributed by atoms with Gasteiger partial charge in [-0.15, -0.1) is 0 Å². The predicted octanol–water partition coefficient (Wildman–Crippen LogP) is 4.01. The van der Waals surface area contributed by atoms with E-state index in [0.29, 0.717) is 25.3 Å². The lowest BCUT2D eigenvalue weighted by atomic mass is 9.85. The molecule has 2 N–H and O–H groups in total. The number of aliphatic imine (C=N–C) groups is 1. The van der Waals surface area contributed by atoms with Crippen molar-refractivity contribution in [2.24, 2.45) is 4.99 Å². The maximum atomic E-state index is 13.4. The van der Waals surface area contributed by atoms with Crippen molar-refractivity contribution >= 4 is 23.1 Å². The van der Waals surface area contributed by atoms with E-state index in [0.717, 1.165) is 42.2 Å². The first kappa shape index (κ1) is 20.3. The first-order valence-corrected chi connectivity index (χ1v) is 11.2. The van der Waals surface area contributed by atoms with E-state index in [4.69, 9.17) is 4.99 Å². The maximum absolute atomic E-state index is 13.4. The second kappa shape index (κ2) is 8.49. The van der Waals surface area contributed by atoms with Crippen LogP contribution in [0.4, 0.5) is 11.4 Å². The highest BCUT2D eigenvalue weighted by atomic mass is 16.2. The van der Waals surface area contributed by atoms with Crippen LogP contribution in [0.15, 0.2) is 71.9 Å². The molecule has 32 heavy (non-hydrogen) atoms. The van der Waals surface area contributed by atoms with E-state index in [9.17, 15) is 4.79 Å². The number of hydrogen-bond donors (Lipinski definition) is 2. The summed E-state index contributed by atoms with van der Waals surface area (Å²) in [6.07, 6.45) is 3.49. The summed E-state index contributed by atoms with van der Waals surface area (Å²) in [6.45, 7) is 4.54. The molecule has 0 bridgehead atoms. The third kappa shape index (κ3) is 3.75. The monoisotopic (exact) mass is 428 g/mol. The van der Waals surface area contributed by atoms with Gasteiger partial charge in [0.05, 0.1) is 24.5 Å². The Kier molecular flexibility index (Phi) is 5.39. The molecule has 3 aromatic rings. The minimum Gasteiger partial charge on any atom is -0.370 e. The number of piperidine rings is 1. The van der Waals surface area contributed by atoms with Gasteiger partial charge in [-0.2, -0.15) is 5.10 Å². The molecule has 5 rings (SSSR count). The molecule has 2 aromatic carbocycles. The van der Waals surface area contributed by atoms with Gasteiger partial charge in [0.2, 0.25) is 0 Å². The molecule has 2 aliphatic rings. The molecule has 0 aliphatic carbocycles. The third-order valence-corrected chi connectivity index (χ3v) is 6.28. The molecule has 3 heterocycles. The Morgan fingerprint density at radius 1 is 1.09 bits per heavy atom. The number of anilines is 2. The fourth-order valence-corrected chi connectivity index (χ4v) is 4.66. The van der Waals surface area contributed by atoms with Crippen molar-refractivity contribution in [2.45, 2.75) is 38.4 Å². The van der Waals surface area contributed by atoms with Crippen LogP contribution >= 0.6 is 0 Å². The topological polar surface area (TPSA) is 74.6 Å². The third-order valence-electron chi connectivity index (χ3n) is 6.28. The summed E-state index contributed by atoms with van der Waals surface area (Å²) in [4.78, 5) is 20.3. The van der Waals surface area contributed by atoms with Crippen LogP contribution in [0.5, 0.6) is 0 Å². The fourth-order valence-electron chi connectivity index (χ4n) is 4.66. The number of fused-ring (bicyclic) bond motifs is 1. The van der Waals surface area contributed by atoms with E-state index in [1.54, 1.807) is 16.9 Å². The van der Waals surface area contributed by atoms with Crippen LogP contribution in [0, 0.1) is 0 Å². The standard InChI is InChI=1S/C25H28N6O/c1-2-31-22(13-15-27-31)23(32)30-16-8-14-25(18-30)24(26-17-19-9-4-3-5-10-19)28-20-11-6-7-12-21(20)29-25/h3-7,9-13,15,29H,2,8,14,16-18H2,1H3,(H,26,28). The summed E-state index contributed by atoms with van der Waals surface area (Å²) < 4.78 is 1.76. The largest absolute Gasteiger partial charge is 0.370 e. The summed E-state index contributed by atoms with van der Waals surface area (Å²) in [5, 5.41) is 11.6. The van der Waals surface area contributed by atoms with E-state index in [2.05, 4.69) is 40.0 Å². The molecule has 0 saturated carbocycles. The molecule has 1 spiro atoms. The number of nitrogens with zero attached hydrogens (tertiary/aromatic N) is 4. The van der Waals surface area contributed by atoms with E-state index < -0.39 is 5.54 Å². The molecule has 1 saturated heterocycles. The van der Waals surface area contributed by atoms with Gasteiger partial charge in [-0.05, 0) is 43.5 Å². The maximum Gasteiger partial charge on any atom is 0.272 e. The summed E-state index contributed by atoms with van der Waals surface area (Å²) in [5.74, 6) is 0.910. The van der Waals surface area contributed by atoms with Gasteiger partial charge in [0.25, 0.3) is 5.91 Å². The van der Waals surface area contributed by atoms with Crippen molar-refractivity contribution in [3.8, 4) is 0 Å². The first-order valence-electron chi connectivity index (χ1n) is 11.2. The van der Waals surface area contributed by atoms with Gasteiger partial charge in [0.15, 0.2) is 0 Å². The lowest BCUT2D eigenvalue weighted by Gasteiger charge is -2.47. The van der Waals surface area contributed by atoms with Crippen LogP contribution in [0.2, 0.25) is 0 Å². The van der Waals surface area contributed by atoms with Crippen LogP contribution in [-0.2, 0) is 13.1 Å². The highest BCUT2D eigenvalue weighted by Gasteiger charge is 2.44. The molecule has 1 fully saturated rings. The zero-order chi connectivity index (χ0) is 22.0. The summed E-state index contributed by atoms with van der Waals surface area (Å²) in [7, 11) is 0. The van der Waals surface area contributed by atoms with E-state index in [1.807, 2.05) is 42.2 Å². The van der Waals surface area contributed by atoms with Crippen molar-refractivity contribution in [1.82, 2.24) is 14.7 Å². The number of rotatable bonds is 4. The summed E-state index contributed by atoms with van der Waals surface area (Å²) in [5.41, 5.74) is 3.40. The number of amides is 1. The SMILES string of the molecule is CCn1nccc1C(=O)N1CCCC2(C1)Nc1ccccc1NC2=NCc1ccccc1. The second-order valence-corrected chi connectivity index (χ2v) is 8.39.